The first kappa shape index (κ1) is 12.7. The van der Waals surface area contributed by atoms with E-state index >= 15 is 0 Å². The maximum Gasteiger partial charge on any atom is 0.458 e. The molecule has 4 nitrogen and oxygen atoms in total. The molecule has 0 bridgehead atoms. The Balaban J connectivity index is 3.36. The Morgan fingerprint density at radius 1 is 0.688 bits per heavy atom. The average molecular weight is 256 g/mol. The van der Waals surface area contributed by atoms with Gasteiger partial charge >= 0.3 is 23.9 Å². The number of hydrogen-bond acceptors (Lipinski definition) is 4. The van der Waals surface area contributed by atoms with Gasteiger partial charge in [-0.25, -0.2) is 0 Å². The number of rotatable bonds is 1. The Bertz CT molecular complexity index is 325. The first-order chi connectivity index (χ1) is 6.96. The molecule has 0 saturated carbocycles. The third kappa shape index (κ3) is 1.43. The number of nitrogens with zero attached hydrogens (tertiary/aromatic N) is 4. The van der Waals surface area contributed by atoms with Crippen molar-refractivity contribution in [2.24, 2.45) is 20.7 Å². The van der Waals surface area contributed by atoms with Gasteiger partial charge in [0.1, 0.15) is 0 Å². The third-order valence-corrected chi connectivity index (χ3v) is 1.61. The van der Waals surface area contributed by atoms with Crippen LogP contribution >= 0.6 is 0 Å². The Kier molecular flexibility index (Phi) is 2.44. The quantitative estimate of drug-likeness (QED) is 0.646. The first-order valence-electron chi connectivity index (χ1n) is 3.31. The molecule has 92 valence electrons. The zero-order valence-corrected chi connectivity index (χ0v) is 6.81. The molecule has 0 aromatic rings. The lowest BCUT2D eigenvalue weighted by atomic mass is 10.0. The summed E-state index contributed by atoms with van der Waals surface area (Å²) in [5.74, 6) is -6.25. The fraction of sp³-hybridized carbons (Fsp3) is 1.00. The first-order valence-corrected chi connectivity index (χ1v) is 3.31. The van der Waals surface area contributed by atoms with Crippen LogP contribution in [0.15, 0.2) is 20.7 Å². The largest absolute Gasteiger partial charge is 0.458 e. The molecule has 0 aromatic carbocycles. The van der Waals surface area contributed by atoms with Crippen LogP contribution in [0.25, 0.3) is 0 Å². The number of halogens is 8. The minimum Gasteiger partial charge on any atom is -0.191 e. The Labute approximate surface area is 81.0 Å². The van der Waals surface area contributed by atoms with Gasteiger partial charge in [0.2, 0.25) is 0 Å². The summed E-state index contributed by atoms with van der Waals surface area (Å²) in [5, 5.41) is 7.68. The van der Waals surface area contributed by atoms with E-state index in [1.54, 1.807) is 10.2 Å². The van der Waals surface area contributed by atoms with Crippen LogP contribution in [0.5, 0.6) is 0 Å². The van der Waals surface area contributed by atoms with Crippen LogP contribution in [0.2, 0.25) is 0 Å². The van der Waals surface area contributed by atoms with E-state index < -0.39 is 23.9 Å². The maximum atomic E-state index is 12.6. The van der Waals surface area contributed by atoms with Crippen molar-refractivity contribution in [3.63, 3.8) is 0 Å². The highest BCUT2D eigenvalue weighted by atomic mass is 19.4. The van der Waals surface area contributed by atoms with Gasteiger partial charge in [0.05, 0.1) is 0 Å². The molecule has 0 saturated heterocycles. The van der Waals surface area contributed by atoms with Gasteiger partial charge in [-0.05, 0) is 10.4 Å². The van der Waals surface area contributed by atoms with Crippen molar-refractivity contribution in [3.05, 3.63) is 0 Å². The lowest BCUT2D eigenvalue weighted by Gasteiger charge is -2.31. The summed E-state index contributed by atoms with van der Waals surface area (Å²) < 4.78 is 97.2. The van der Waals surface area contributed by atoms with E-state index in [9.17, 15) is 35.1 Å². The summed E-state index contributed by atoms with van der Waals surface area (Å²) >= 11 is 0. The van der Waals surface area contributed by atoms with Crippen LogP contribution in [0, 0.1) is 0 Å². The fourth-order valence-electron chi connectivity index (χ4n) is 0.804. The molecule has 0 aliphatic carbocycles. The summed E-state index contributed by atoms with van der Waals surface area (Å²) in [7, 11) is 0. The van der Waals surface area contributed by atoms with Crippen molar-refractivity contribution in [1.82, 2.24) is 0 Å². The van der Waals surface area contributed by atoms with Crippen molar-refractivity contribution in [1.29, 1.82) is 0 Å². The lowest BCUT2D eigenvalue weighted by Crippen LogP contribution is -2.61. The molecule has 0 aromatic heterocycles. The molecular formula is C4F8N4. The maximum absolute atomic E-state index is 12.6. The van der Waals surface area contributed by atoms with Crippen molar-refractivity contribution in [2.45, 2.75) is 23.9 Å². The van der Waals surface area contributed by atoms with Gasteiger partial charge in [-0.3, -0.25) is 0 Å². The molecule has 0 amide bonds. The third-order valence-electron chi connectivity index (χ3n) is 1.61. The van der Waals surface area contributed by atoms with Crippen LogP contribution in [-0.2, 0) is 0 Å². The van der Waals surface area contributed by atoms with Crippen LogP contribution in [-0.4, -0.2) is 23.9 Å². The van der Waals surface area contributed by atoms with E-state index in [-0.39, 0.29) is 0 Å². The predicted molar refractivity (Wildman–Crippen MR) is 29.5 cm³/mol. The smallest absolute Gasteiger partial charge is 0.191 e. The molecule has 0 unspecified atom stereocenters. The van der Waals surface area contributed by atoms with Gasteiger partial charge in [-0.1, -0.05) is 0 Å². The summed E-state index contributed by atoms with van der Waals surface area (Å²) in [6, 6.07) is 0. The van der Waals surface area contributed by atoms with E-state index in [0.717, 1.165) is 0 Å². The highest BCUT2D eigenvalue weighted by molar-refractivity contribution is 5.07. The second kappa shape index (κ2) is 3.07. The molecule has 0 radical (unpaired) electrons. The van der Waals surface area contributed by atoms with E-state index in [0.29, 0.717) is 0 Å². The van der Waals surface area contributed by atoms with Crippen molar-refractivity contribution >= 4 is 0 Å². The molecular weight excluding hydrogens is 256 g/mol. The van der Waals surface area contributed by atoms with Crippen LogP contribution in [0.1, 0.15) is 0 Å². The van der Waals surface area contributed by atoms with Crippen molar-refractivity contribution in [2.75, 3.05) is 0 Å². The zero-order valence-electron chi connectivity index (χ0n) is 6.81. The monoisotopic (exact) mass is 256 g/mol. The summed E-state index contributed by atoms with van der Waals surface area (Å²) in [4.78, 5) is 0. The van der Waals surface area contributed by atoms with Crippen molar-refractivity contribution in [3.8, 4) is 0 Å². The summed E-state index contributed by atoms with van der Waals surface area (Å²) in [6.07, 6.45) is -12.6. The van der Waals surface area contributed by atoms with Gasteiger partial charge in [-0.2, -0.15) is 35.1 Å². The topological polar surface area (TPSA) is 49.4 Å². The molecule has 0 atom stereocenters. The Morgan fingerprint density at radius 3 is 1.31 bits per heavy atom. The predicted octanol–water partition coefficient (Wildman–Crippen LogP) is 3.28. The van der Waals surface area contributed by atoms with Crippen LogP contribution in [0.3, 0.4) is 0 Å². The minimum atomic E-state index is -6.48. The van der Waals surface area contributed by atoms with Crippen LogP contribution < -0.4 is 0 Å². The van der Waals surface area contributed by atoms with Crippen molar-refractivity contribution < 1.29 is 35.1 Å². The minimum absolute atomic E-state index is 1.77. The second-order valence-corrected chi connectivity index (χ2v) is 2.62. The Morgan fingerprint density at radius 2 is 1.06 bits per heavy atom. The van der Waals surface area contributed by atoms with Gasteiger partial charge in [-0.15, -0.1) is 10.2 Å². The second-order valence-electron chi connectivity index (χ2n) is 2.62. The highest BCUT2D eigenvalue weighted by Gasteiger charge is 2.83. The van der Waals surface area contributed by atoms with Gasteiger partial charge in [0, 0.05) is 0 Å². The summed E-state index contributed by atoms with van der Waals surface area (Å²) in [6.45, 7) is 0. The van der Waals surface area contributed by atoms with Gasteiger partial charge in [0.25, 0.3) is 0 Å². The molecule has 0 spiro atoms. The summed E-state index contributed by atoms with van der Waals surface area (Å²) in [5.41, 5.74) is -5.03. The Hall–Kier alpha value is -1.36. The standard InChI is InChI=1S/C4F8N4/c5-1(6,3(7,8)9)2(4(10,11)12)13-15-16-14-2. The molecule has 16 heavy (non-hydrogen) atoms. The van der Waals surface area contributed by atoms with Gasteiger partial charge in [0.15, 0.2) is 0 Å². The lowest BCUT2D eigenvalue weighted by molar-refractivity contribution is -0.350. The zero-order chi connectivity index (χ0) is 12.8. The molecule has 1 aliphatic heterocycles. The molecule has 1 aliphatic rings. The van der Waals surface area contributed by atoms with Crippen LogP contribution in [0.4, 0.5) is 35.1 Å². The fourth-order valence-corrected chi connectivity index (χ4v) is 0.804. The molecule has 0 N–H and O–H groups in total. The number of alkyl halides is 8. The van der Waals surface area contributed by atoms with E-state index in [2.05, 4.69) is 10.4 Å². The SMILES string of the molecule is FC(F)(F)C(F)(F)C1(C(F)(F)F)N=NN=N1. The van der Waals surface area contributed by atoms with E-state index in [4.69, 9.17) is 0 Å². The highest BCUT2D eigenvalue weighted by Crippen LogP contribution is 2.54. The molecule has 12 heteroatoms. The molecule has 0 fully saturated rings. The normalized spacial score (nSPS) is 20.5. The van der Waals surface area contributed by atoms with E-state index in [1.807, 2.05) is 0 Å². The molecule has 1 rings (SSSR count). The molecule has 1 heterocycles. The van der Waals surface area contributed by atoms with E-state index in [1.165, 1.54) is 0 Å². The average Bonchev–Trinajstić information content (AvgIpc) is 2.48. The number of hydrogen-bond donors (Lipinski definition) is 0. The van der Waals surface area contributed by atoms with Gasteiger partial charge < -0.3 is 0 Å².